The lowest BCUT2D eigenvalue weighted by Crippen LogP contribution is -2.38. The highest BCUT2D eigenvalue weighted by Crippen LogP contribution is 2.17. The van der Waals surface area contributed by atoms with Gasteiger partial charge in [-0.3, -0.25) is 0 Å². The number of rotatable bonds is 9. The van der Waals surface area contributed by atoms with Gasteiger partial charge in [0.15, 0.2) is 5.96 Å². The summed E-state index contributed by atoms with van der Waals surface area (Å²) in [5.74, 6) is 1.69. The minimum absolute atomic E-state index is 0.588. The predicted octanol–water partition coefficient (Wildman–Crippen LogP) is 2.18. The van der Waals surface area contributed by atoms with Crippen molar-refractivity contribution in [3.63, 3.8) is 0 Å². The fourth-order valence-electron chi connectivity index (χ4n) is 1.86. The van der Waals surface area contributed by atoms with Gasteiger partial charge < -0.3 is 20.1 Å². The van der Waals surface area contributed by atoms with Crippen molar-refractivity contribution in [2.75, 3.05) is 33.4 Å². The molecule has 1 aromatic rings. The Labute approximate surface area is 127 Å². The third-order valence-corrected chi connectivity index (χ3v) is 2.91. The number of hydrogen-bond donors (Lipinski definition) is 2. The van der Waals surface area contributed by atoms with E-state index in [0.29, 0.717) is 6.54 Å². The lowest BCUT2D eigenvalue weighted by molar-refractivity contribution is 0.145. The van der Waals surface area contributed by atoms with E-state index >= 15 is 0 Å². The smallest absolute Gasteiger partial charge is 0.191 e. The summed E-state index contributed by atoms with van der Waals surface area (Å²) in [4.78, 5) is 4.58. The molecule has 0 fully saturated rings. The first-order chi connectivity index (χ1) is 10.3. The van der Waals surface area contributed by atoms with Gasteiger partial charge in [-0.15, -0.1) is 0 Å². The third-order valence-electron chi connectivity index (χ3n) is 2.91. The lowest BCUT2D eigenvalue weighted by atomic mass is 10.2. The molecule has 0 bridgehead atoms. The van der Waals surface area contributed by atoms with E-state index in [2.05, 4.69) is 22.5 Å². The quantitative estimate of drug-likeness (QED) is 0.416. The molecule has 0 amide bonds. The van der Waals surface area contributed by atoms with Gasteiger partial charge in [-0.1, -0.05) is 18.2 Å². The molecule has 5 heteroatoms. The number of nitrogens with one attached hydrogen (secondary N) is 2. The third kappa shape index (κ3) is 6.99. The Bertz CT molecular complexity index is 422. The van der Waals surface area contributed by atoms with Crippen LogP contribution in [0.15, 0.2) is 29.3 Å². The van der Waals surface area contributed by atoms with Gasteiger partial charge >= 0.3 is 0 Å². The molecule has 0 aliphatic rings. The summed E-state index contributed by atoms with van der Waals surface area (Å²) >= 11 is 0. The minimum Gasteiger partial charge on any atom is -0.496 e. The van der Waals surface area contributed by atoms with Gasteiger partial charge in [-0.2, -0.15) is 0 Å². The Morgan fingerprint density at radius 2 is 2.00 bits per heavy atom. The van der Waals surface area contributed by atoms with E-state index in [9.17, 15) is 0 Å². The van der Waals surface area contributed by atoms with Crippen molar-refractivity contribution in [3.05, 3.63) is 29.8 Å². The summed E-state index contributed by atoms with van der Waals surface area (Å²) in [7, 11) is 1.68. The normalized spacial score (nSPS) is 11.3. The highest BCUT2D eigenvalue weighted by Gasteiger charge is 2.02. The predicted molar refractivity (Wildman–Crippen MR) is 86.9 cm³/mol. The van der Waals surface area contributed by atoms with Crippen LogP contribution in [-0.2, 0) is 11.3 Å². The molecule has 0 aliphatic carbocycles. The summed E-state index contributed by atoms with van der Waals surface area (Å²) < 4.78 is 10.7. The molecule has 0 unspecified atom stereocenters. The van der Waals surface area contributed by atoms with Gasteiger partial charge in [-0.05, 0) is 26.3 Å². The summed E-state index contributed by atoms with van der Waals surface area (Å²) in [6, 6.07) is 7.94. The molecule has 0 atom stereocenters. The number of ether oxygens (including phenoxy) is 2. The van der Waals surface area contributed by atoms with E-state index in [-0.39, 0.29) is 0 Å². The molecule has 21 heavy (non-hydrogen) atoms. The van der Waals surface area contributed by atoms with Gasteiger partial charge in [0.25, 0.3) is 0 Å². The zero-order valence-corrected chi connectivity index (χ0v) is 13.3. The van der Waals surface area contributed by atoms with Crippen LogP contribution in [0.2, 0.25) is 0 Å². The second kappa shape index (κ2) is 11.0. The molecular formula is C16H27N3O2. The number of aliphatic imine (C=N–C) groups is 1. The largest absolute Gasteiger partial charge is 0.496 e. The molecule has 118 valence electrons. The molecule has 0 saturated carbocycles. The van der Waals surface area contributed by atoms with Crippen LogP contribution in [0, 0.1) is 0 Å². The summed E-state index contributed by atoms with van der Waals surface area (Å²) in [5.41, 5.74) is 1.08. The first kappa shape index (κ1) is 17.3. The topological polar surface area (TPSA) is 54.9 Å². The summed E-state index contributed by atoms with van der Waals surface area (Å²) in [6.07, 6.45) is 0.965. The Balaban J connectivity index is 2.50. The monoisotopic (exact) mass is 293 g/mol. The Kier molecular flexibility index (Phi) is 9.04. The Morgan fingerprint density at radius 3 is 2.71 bits per heavy atom. The second-order valence-corrected chi connectivity index (χ2v) is 4.48. The molecule has 0 heterocycles. The average molecular weight is 293 g/mol. The molecular weight excluding hydrogens is 266 g/mol. The number of para-hydroxylation sites is 1. The molecule has 0 aromatic heterocycles. The first-order valence-electron chi connectivity index (χ1n) is 7.53. The molecule has 0 aliphatic heterocycles. The zero-order chi connectivity index (χ0) is 15.3. The van der Waals surface area contributed by atoms with Crippen LogP contribution in [0.25, 0.3) is 0 Å². The van der Waals surface area contributed by atoms with Crippen molar-refractivity contribution in [3.8, 4) is 5.75 Å². The number of hydrogen-bond acceptors (Lipinski definition) is 3. The van der Waals surface area contributed by atoms with Crippen LogP contribution in [0.4, 0.5) is 0 Å². The van der Waals surface area contributed by atoms with E-state index in [0.717, 1.165) is 50.0 Å². The van der Waals surface area contributed by atoms with Crippen LogP contribution in [0.3, 0.4) is 0 Å². The van der Waals surface area contributed by atoms with E-state index in [4.69, 9.17) is 9.47 Å². The van der Waals surface area contributed by atoms with E-state index in [1.165, 1.54) is 0 Å². The van der Waals surface area contributed by atoms with Crippen LogP contribution >= 0.6 is 0 Å². The van der Waals surface area contributed by atoms with Crippen molar-refractivity contribution in [1.29, 1.82) is 0 Å². The number of benzene rings is 1. The van der Waals surface area contributed by atoms with Crippen LogP contribution < -0.4 is 15.4 Å². The minimum atomic E-state index is 0.588. The highest BCUT2D eigenvalue weighted by atomic mass is 16.5. The van der Waals surface area contributed by atoms with Gasteiger partial charge in [0.1, 0.15) is 5.75 Å². The second-order valence-electron chi connectivity index (χ2n) is 4.48. The van der Waals surface area contributed by atoms with E-state index in [1.54, 1.807) is 7.11 Å². The van der Waals surface area contributed by atoms with Crippen molar-refractivity contribution in [1.82, 2.24) is 10.6 Å². The molecule has 0 saturated heterocycles. The molecule has 5 nitrogen and oxygen atoms in total. The average Bonchev–Trinajstić information content (AvgIpc) is 2.52. The lowest BCUT2D eigenvalue weighted by Gasteiger charge is -2.12. The maximum absolute atomic E-state index is 5.34. The van der Waals surface area contributed by atoms with Gasteiger partial charge in [0.05, 0.1) is 13.7 Å². The van der Waals surface area contributed by atoms with Crippen molar-refractivity contribution >= 4 is 5.96 Å². The van der Waals surface area contributed by atoms with Crippen LogP contribution in [0.1, 0.15) is 25.8 Å². The standard InChI is InChI=1S/C16H27N3O2/c1-4-17-16(18-11-8-12-21-5-2)19-13-14-9-6-7-10-15(14)20-3/h6-7,9-10H,4-5,8,11-13H2,1-3H3,(H2,17,18,19). The zero-order valence-electron chi connectivity index (χ0n) is 13.3. The molecule has 2 N–H and O–H groups in total. The number of guanidine groups is 1. The summed E-state index contributed by atoms with van der Waals surface area (Å²) in [6.45, 7) is 7.87. The van der Waals surface area contributed by atoms with Crippen LogP contribution in [-0.4, -0.2) is 39.4 Å². The maximum atomic E-state index is 5.34. The van der Waals surface area contributed by atoms with Crippen molar-refractivity contribution < 1.29 is 9.47 Å². The number of nitrogens with zero attached hydrogens (tertiary/aromatic N) is 1. The molecule has 1 rings (SSSR count). The van der Waals surface area contributed by atoms with Crippen molar-refractivity contribution in [2.45, 2.75) is 26.8 Å². The molecule has 0 spiro atoms. The SMILES string of the molecule is CCNC(=NCc1ccccc1OC)NCCCOCC. The maximum Gasteiger partial charge on any atom is 0.191 e. The fraction of sp³-hybridized carbons (Fsp3) is 0.562. The molecule has 0 radical (unpaired) electrons. The van der Waals surface area contributed by atoms with Gasteiger partial charge in [0, 0.05) is 31.9 Å². The highest BCUT2D eigenvalue weighted by molar-refractivity contribution is 5.79. The first-order valence-corrected chi connectivity index (χ1v) is 7.53. The molecule has 1 aromatic carbocycles. The van der Waals surface area contributed by atoms with Gasteiger partial charge in [-0.25, -0.2) is 4.99 Å². The van der Waals surface area contributed by atoms with E-state index in [1.807, 2.05) is 31.2 Å². The summed E-state index contributed by atoms with van der Waals surface area (Å²) in [5, 5.41) is 6.54. The van der Waals surface area contributed by atoms with E-state index < -0.39 is 0 Å². The van der Waals surface area contributed by atoms with Gasteiger partial charge in [0.2, 0.25) is 0 Å². The number of methoxy groups -OCH3 is 1. The fourth-order valence-corrected chi connectivity index (χ4v) is 1.86. The van der Waals surface area contributed by atoms with Crippen LogP contribution in [0.5, 0.6) is 5.75 Å². The Hall–Kier alpha value is -1.75. The van der Waals surface area contributed by atoms with Crippen molar-refractivity contribution in [2.24, 2.45) is 4.99 Å². The Morgan fingerprint density at radius 1 is 1.19 bits per heavy atom.